The third-order valence-electron chi connectivity index (χ3n) is 6.07. The summed E-state index contributed by atoms with van der Waals surface area (Å²) < 4.78 is 32.6. The molecule has 1 unspecified atom stereocenters. The maximum Gasteiger partial charge on any atom is 0.244 e. The van der Waals surface area contributed by atoms with E-state index in [1.165, 1.54) is 12.2 Å². The van der Waals surface area contributed by atoms with E-state index in [4.69, 9.17) is 4.74 Å². The van der Waals surface area contributed by atoms with Gasteiger partial charge < -0.3 is 15.0 Å². The Bertz CT molecular complexity index is 794. The number of carbonyl (C=O) groups excluding carboxylic acids is 2. The van der Waals surface area contributed by atoms with E-state index < -0.39 is 11.6 Å². The number of amides is 2. The first-order chi connectivity index (χ1) is 13.9. The number of rotatable bonds is 5. The summed E-state index contributed by atoms with van der Waals surface area (Å²) in [6, 6.07) is 3.12. The van der Waals surface area contributed by atoms with Crippen molar-refractivity contribution in [2.45, 2.75) is 50.2 Å². The largest absolute Gasteiger partial charge is 0.370 e. The number of piperidine rings is 1. The van der Waals surface area contributed by atoms with E-state index >= 15 is 0 Å². The Balaban J connectivity index is 1.21. The van der Waals surface area contributed by atoms with Crippen LogP contribution in [-0.2, 0) is 14.3 Å². The molecule has 0 aromatic heterocycles. The van der Waals surface area contributed by atoms with Gasteiger partial charge in [0.05, 0.1) is 11.7 Å². The van der Waals surface area contributed by atoms with Crippen LogP contribution in [0.2, 0.25) is 0 Å². The van der Waals surface area contributed by atoms with E-state index in [1.807, 2.05) is 4.90 Å². The molecule has 3 aliphatic rings. The molecule has 1 atom stereocenters. The highest BCUT2D eigenvalue weighted by Crippen LogP contribution is 2.40. The molecule has 1 N–H and O–H groups in total. The number of likely N-dealkylation sites (tertiary alicyclic amines) is 1. The van der Waals surface area contributed by atoms with Gasteiger partial charge in [0.1, 0.15) is 11.6 Å². The summed E-state index contributed by atoms with van der Waals surface area (Å²) in [5.74, 6) is -1.14. The molecule has 1 aliphatic carbocycles. The maximum atomic E-state index is 13.2. The average Bonchev–Trinajstić information content (AvgIpc) is 3.47. The lowest BCUT2D eigenvalue weighted by molar-refractivity contribution is -0.139. The molecule has 2 heterocycles. The minimum atomic E-state index is -0.681. The summed E-state index contributed by atoms with van der Waals surface area (Å²) in [5.41, 5.74) is 0.117. The van der Waals surface area contributed by atoms with Crippen LogP contribution in [0, 0.1) is 17.6 Å². The summed E-state index contributed by atoms with van der Waals surface area (Å²) in [7, 11) is 0. The lowest BCUT2D eigenvalue weighted by Gasteiger charge is -2.39. The van der Waals surface area contributed by atoms with Gasteiger partial charge in [-0.3, -0.25) is 9.59 Å². The molecule has 2 aliphatic heterocycles. The van der Waals surface area contributed by atoms with Gasteiger partial charge in [-0.05, 0) is 62.3 Å². The average molecular weight is 404 g/mol. The summed E-state index contributed by atoms with van der Waals surface area (Å²) in [6.45, 7) is 1.90. The van der Waals surface area contributed by atoms with Crippen LogP contribution in [-0.4, -0.2) is 48.1 Å². The Kier molecular flexibility index (Phi) is 5.67. The minimum absolute atomic E-state index is 0.0513. The Morgan fingerprint density at radius 2 is 1.79 bits per heavy atom. The Hall–Kier alpha value is -2.28. The highest BCUT2D eigenvalue weighted by Gasteiger charge is 2.44. The van der Waals surface area contributed by atoms with Gasteiger partial charge in [0.2, 0.25) is 11.8 Å². The zero-order valence-electron chi connectivity index (χ0n) is 16.3. The first kappa shape index (κ1) is 20.0. The number of nitrogens with one attached hydrogen (secondary N) is 1. The maximum absolute atomic E-state index is 13.2. The zero-order valence-corrected chi connectivity index (χ0v) is 16.3. The van der Waals surface area contributed by atoms with Crippen molar-refractivity contribution in [3.8, 4) is 0 Å². The highest BCUT2D eigenvalue weighted by atomic mass is 19.1. The molecule has 1 aromatic rings. The smallest absolute Gasteiger partial charge is 0.244 e. The quantitative estimate of drug-likeness (QED) is 0.768. The molecule has 156 valence electrons. The molecular formula is C22H26F2N2O3. The molecule has 7 heteroatoms. The number of hydrogen-bond acceptors (Lipinski definition) is 3. The highest BCUT2D eigenvalue weighted by molar-refractivity contribution is 5.91. The van der Waals surface area contributed by atoms with Crippen molar-refractivity contribution >= 4 is 17.9 Å². The molecule has 1 aromatic carbocycles. The second-order valence-corrected chi connectivity index (χ2v) is 8.34. The molecular weight excluding hydrogens is 378 g/mol. The predicted octanol–water partition coefficient (Wildman–Crippen LogP) is 3.04. The van der Waals surface area contributed by atoms with E-state index in [9.17, 15) is 18.4 Å². The van der Waals surface area contributed by atoms with Gasteiger partial charge in [0, 0.05) is 37.7 Å². The molecule has 2 saturated heterocycles. The number of hydrogen-bond donors (Lipinski definition) is 1. The predicted molar refractivity (Wildman–Crippen MR) is 104 cm³/mol. The zero-order chi connectivity index (χ0) is 20.4. The first-order valence-electron chi connectivity index (χ1n) is 10.3. The summed E-state index contributed by atoms with van der Waals surface area (Å²) in [6.07, 6.45) is 8.16. The van der Waals surface area contributed by atoms with Crippen molar-refractivity contribution in [3.63, 3.8) is 0 Å². The van der Waals surface area contributed by atoms with Crippen LogP contribution < -0.4 is 5.32 Å². The van der Waals surface area contributed by atoms with Gasteiger partial charge in [0.15, 0.2) is 0 Å². The summed E-state index contributed by atoms with van der Waals surface area (Å²) in [4.78, 5) is 26.2. The molecule has 1 spiro atoms. The van der Waals surface area contributed by atoms with Crippen molar-refractivity contribution in [3.05, 3.63) is 41.5 Å². The van der Waals surface area contributed by atoms with E-state index in [0.29, 0.717) is 18.0 Å². The third-order valence-corrected chi connectivity index (χ3v) is 6.07. The minimum Gasteiger partial charge on any atom is -0.370 e. The first-order valence-corrected chi connectivity index (χ1v) is 10.3. The lowest BCUT2D eigenvalue weighted by atomic mass is 9.88. The van der Waals surface area contributed by atoms with E-state index in [0.717, 1.165) is 69.8 Å². The fourth-order valence-corrected chi connectivity index (χ4v) is 4.25. The Morgan fingerprint density at radius 3 is 2.45 bits per heavy atom. The molecule has 4 rings (SSSR count). The number of halogens is 2. The fraction of sp³-hybridized carbons (Fsp3) is 0.545. The van der Waals surface area contributed by atoms with Gasteiger partial charge in [0.25, 0.3) is 0 Å². The van der Waals surface area contributed by atoms with Crippen LogP contribution >= 0.6 is 0 Å². The number of carbonyl (C=O) groups is 2. The van der Waals surface area contributed by atoms with Gasteiger partial charge in [-0.15, -0.1) is 0 Å². The van der Waals surface area contributed by atoms with Crippen LogP contribution in [0.4, 0.5) is 8.78 Å². The molecule has 29 heavy (non-hydrogen) atoms. The third kappa shape index (κ3) is 5.01. The summed E-state index contributed by atoms with van der Waals surface area (Å²) in [5, 5.41) is 2.79. The molecule has 1 saturated carbocycles. The number of benzene rings is 1. The standard InChI is InChI=1S/C22H26F2N2O3/c23-17-11-15(12-18(24)13-17)1-4-20(27)25-14-19-5-6-22(29-19)7-9-26(10-8-22)21(28)16-2-3-16/h1,4,11-13,16,19H,2-3,5-10,14H2,(H,25,27)/b4-1+. The molecule has 0 bridgehead atoms. The SMILES string of the molecule is O=C(/C=C/c1cc(F)cc(F)c1)NCC1CCC2(CCN(C(=O)C3CC3)CC2)O1. The van der Waals surface area contributed by atoms with Crippen LogP contribution in [0.5, 0.6) is 0 Å². The van der Waals surface area contributed by atoms with Crippen molar-refractivity contribution in [2.75, 3.05) is 19.6 Å². The number of ether oxygens (including phenoxy) is 1. The van der Waals surface area contributed by atoms with E-state index in [2.05, 4.69) is 5.32 Å². The number of nitrogens with zero attached hydrogens (tertiary/aromatic N) is 1. The van der Waals surface area contributed by atoms with E-state index in [-0.39, 0.29) is 23.5 Å². The fourth-order valence-electron chi connectivity index (χ4n) is 4.25. The molecule has 0 radical (unpaired) electrons. The van der Waals surface area contributed by atoms with Crippen molar-refractivity contribution in [1.29, 1.82) is 0 Å². The van der Waals surface area contributed by atoms with Crippen molar-refractivity contribution < 1.29 is 23.1 Å². The molecule has 2 amide bonds. The Labute approximate surface area is 169 Å². The van der Waals surface area contributed by atoms with Crippen LogP contribution in [0.1, 0.15) is 44.1 Å². The second kappa shape index (κ2) is 8.22. The topological polar surface area (TPSA) is 58.6 Å². The normalized spacial score (nSPS) is 23.7. The van der Waals surface area contributed by atoms with Crippen molar-refractivity contribution in [1.82, 2.24) is 10.2 Å². The molecule has 5 nitrogen and oxygen atoms in total. The van der Waals surface area contributed by atoms with Crippen molar-refractivity contribution in [2.24, 2.45) is 5.92 Å². The molecule has 3 fully saturated rings. The summed E-state index contributed by atoms with van der Waals surface area (Å²) >= 11 is 0. The second-order valence-electron chi connectivity index (χ2n) is 8.34. The lowest BCUT2D eigenvalue weighted by Crippen LogP contribution is -2.47. The van der Waals surface area contributed by atoms with Crippen LogP contribution in [0.3, 0.4) is 0 Å². The van der Waals surface area contributed by atoms with Gasteiger partial charge >= 0.3 is 0 Å². The van der Waals surface area contributed by atoms with Crippen LogP contribution in [0.15, 0.2) is 24.3 Å². The monoisotopic (exact) mass is 404 g/mol. The van der Waals surface area contributed by atoms with E-state index in [1.54, 1.807) is 0 Å². The van der Waals surface area contributed by atoms with Gasteiger partial charge in [-0.1, -0.05) is 0 Å². The van der Waals surface area contributed by atoms with Gasteiger partial charge in [-0.2, -0.15) is 0 Å². The Morgan fingerprint density at radius 1 is 1.10 bits per heavy atom. The van der Waals surface area contributed by atoms with Gasteiger partial charge in [-0.25, -0.2) is 8.78 Å². The van der Waals surface area contributed by atoms with Crippen LogP contribution in [0.25, 0.3) is 6.08 Å².